The lowest BCUT2D eigenvalue weighted by atomic mass is 10.2. The predicted molar refractivity (Wildman–Crippen MR) is 100 cm³/mol. The maximum atomic E-state index is 14.3. The third-order valence-corrected chi connectivity index (χ3v) is 4.66. The van der Waals surface area contributed by atoms with Gasteiger partial charge in [0.25, 0.3) is 11.5 Å². The molecule has 2 N–H and O–H groups in total. The van der Waals surface area contributed by atoms with Gasteiger partial charge < -0.3 is 15.5 Å². The summed E-state index contributed by atoms with van der Waals surface area (Å²) in [5.74, 6) is -1.04. The molecule has 144 valence electrons. The monoisotopic (exact) mass is 375 g/mol. The molecule has 0 atom stereocenters. The van der Waals surface area contributed by atoms with E-state index in [2.05, 4.69) is 10.6 Å². The minimum Gasteiger partial charge on any atom is -0.338 e. The van der Waals surface area contributed by atoms with Gasteiger partial charge in [0.1, 0.15) is 17.2 Å². The third-order valence-electron chi connectivity index (χ3n) is 4.66. The quantitative estimate of drug-likeness (QED) is 0.807. The molecule has 1 saturated heterocycles. The number of halogens is 1. The number of rotatable bonds is 3. The highest BCUT2D eigenvalue weighted by Gasteiger charge is 2.27. The Bertz CT molecular complexity index is 1010. The van der Waals surface area contributed by atoms with Crippen LogP contribution in [0.15, 0.2) is 27.8 Å². The Balaban J connectivity index is 2.15. The first kappa shape index (κ1) is 18.8. The van der Waals surface area contributed by atoms with Gasteiger partial charge in [-0.05, 0) is 24.6 Å². The maximum absolute atomic E-state index is 14.3. The van der Waals surface area contributed by atoms with Crippen LogP contribution in [-0.2, 0) is 14.1 Å². The molecule has 2 heterocycles. The minimum atomic E-state index is -0.711. The summed E-state index contributed by atoms with van der Waals surface area (Å²) in [6.07, 6.45) is 0. The minimum absolute atomic E-state index is 0.0191. The summed E-state index contributed by atoms with van der Waals surface area (Å²) in [6.45, 7) is 3.88. The highest BCUT2D eigenvalue weighted by atomic mass is 19.1. The second-order valence-corrected chi connectivity index (χ2v) is 6.58. The van der Waals surface area contributed by atoms with Crippen molar-refractivity contribution in [3.8, 4) is 0 Å². The van der Waals surface area contributed by atoms with Gasteiger partial charge >= 0.3 is 5.69 Å². The Morgan fingerprint density at radius 1 is 1.15 bits per heavy atom. The third kappa shape index (κ3) is 3.50. The molecular weight excluding hydrogens is 353 g/mol. The fraction of sp³-hybridized carbons (Fsp3) is 0.389. The van der Waals surface area contributed by atoms with Crippen LogP contribution in [0.1, 0.15) is 15.9 Å². The van der Waals surface area contributed by atoms with E-state index in [-0.39, 0.29) is 17.1 Å². The standard InChI is InChI=1S/C18H22FN5O3/c1-11-4-5-13(12(19)10-11)21-15-14(16(25)23(3)18(27)22(15)2)17(26)24-8-6-20-7-9-24/h4-5,10,20-21H,6-9H2,1-3H3. The number of aromatic nitrogens is 2. The van der Waals surface area contributed by atoms with E-state index >= 15 is 0 Å². The molecule has 1 amide bonds. The van der Waals surface area contributed by atoms with Crippen molar-refractivity contribution in [2.75, 3.05) is 31.5 Å². The molecule has 3 rings (SSSR count). The van der Waals surface area contributed by atoms with Gasteiger partial charge in [-0.2, -0.15) is 0 Å². The summed E-state index contributed by atoms with van der Waals surface area (Å²) in [5, 5.41) is 5.91. The van der Waals surface area contributed by atoms with Gasteiger partial charge in [0.05, 0.1) is 5.69 Å². The number of hydrogen-bond donors (Lipinski definition) is 2. The van der Waals surface area contributed by atoms with Crippen molar-refractivity contribution in [1.29, 1.82) is 0 Å². The second kappa shape index (κ2) is 7.36. The van der Waals surface area contributed by atoms with Crippen molar-refractivity contribution < 1.29 is 9.18 Å². The second-order valence-electron chi connectivity index (χ2n) is 6.58. The number of hydrogen-bond acceptors (Lipinski definition) is 5. The van der Waals surface area contributed by atoms with E-state index in [1.54, 1.807) is 17.9 Å². The number of anilines is 2. The molecular formula is C18H22FN5O3. The van der Waals surface area contributed by atoms with Crippen molar-refractivity contribution in [2.24, 2.45) is 14.1 Å². The lowest BCUT2D eigenvalue weighted by molar-refractivity contribution is 0.0733. The molecule has 1 aliphatic heterocycles. The van der Waals surface area contributed by atoms with Gasteiger partial charge in [-0.1, -0.05) is 6.07 Å². The smallest absolute Gasteiger partial charge is 0.332 e. The summed E-state index contributed by atoms with van der Waals surface area (Å²) in [6, 6.07) is 4.54. The molecule has 0 bridgehead atoms. The van der Waals surface area contributed by atoms with E-state index < -0.39 is 23.0 Å². The zero-order valence-electron chi connectivity index (χ0n) is 15.5. The normalized spacial score (nSPS) is 14.3. The van der Waals surface area contributed by atoms with Crippen LogP contribution in [0.25, 0.3) is 0 Å². The molecule has 8 nitrogen and oxygen atoms in total. The number of nitrogens with one attached hydrogen (secondary N) is 2. The summed E-state index contributed by atoms with van der Waals surface area (Å²) >= 11 is 0. The van der Waals surface area contributed by atoms with Gasteiger partial charge in [0, 0.05) is 40.3 Å². The summed E-state index contributed by atoms with van der Waals surface area (Å²) in [4.78, 5) is 39.6. The zero-order chi connectivity index (χ0) is 19.7. The van der Waals surface area contributed by atoms with Gasteiger partial charge in [-0.3, -0.25) is 18.7 Å². The Morgan fingerprint density at radius 3 is 2.44 bits per heavy atom. The molecule has 1 aliphatic rings. The molecule has 0 aliphatic carbocycles. The highest BCUT2D eigenvalue weighted by Crippen LogP contribution is 2.22. The Hall–Kier alpha value is -2.94. The highest BCUT2D eigenvalue weighted by molar-refractivity contribution is 5.99. The summed E-state index contributed by atoms with van der Waals surface area (Å²) < 4.78 is 16.3. The first-order valence-corrected chi connectivity index (χ1v) is 8.64. The largest absolute Gasteiger partial charge is 0.338 e. The molecule has 0 saturated carbocycles. The molecule has 2 aromatic rings. The molecule has 1 aromatic heterocycles. The number of aryl methyl sites for hydroxylation is 1. The fourth-order valence-electron chi connectivity index (χ4n) is 3.06. The number of benzene rings is 1. The molecule has 9 heteroatoms. The fourth-order valence-corrected chi connectivity index (χ4v) is 3.06. The summed E-state index contributed by atoms with van der Waals surface area (Å²) in [7, 11) is 2.75. The van der Waals surface area contributed by atoms with E-state index in [4.69, 9.17) is 0 Å². The van der Waals surface area contributed by atoms with Crippen LogP contribution in [0.3, 0.4) is 0 Å². The SMILES string of the molecule is Cc1ccc(Nc2c(C(=O)N3CCNCC3)c(=O)n(C)c(=O)n2C)c(F)c1. The van der Waals surface area contributed by atoms with Gasteiger partial charge in [-0.15, -0.1) is 0 Å². The van der Waals surface area contributed by atoms with E-state index in [9.17, 15) is 18.8 Å². The molecule has 0 radical (unpaired) electrons. The molecule has 1 fully saturated rings. The van der Waals surface area contributed by atoms with Gasteiger partial charge in [-0.25, -0.2) is 9.18 Å². The van der Waals surface area contributed by atoms with E-state index in [1.807, 2.05) is 0 Å². The van der Waals surface area contributed by atoms with Crippen LogP contribution in [0.5, 0.6) is 0 Å². The number of amides is 1. The Kier molecular flexibility index (Phi) is 5.13. The van der Waals surface area contributed by atoms with Crippen molar-refractivity contribution in [3.05, 3.63) is 56.0 Å². The topological polar surface area (TPSA) is 88.4 Å². The lowest BCUT2D eigenvalue weighted by Gasteiger charge is -2.28. The molecule has 1 aromatic carbocycles. The van der Waals surface area contributed by atoms with Gasteiger partial charge in [0.2, 0.25) is 0 Å². The van der Waals surface area contributed by atoms with Crippen LogP contribution < -0.4 is 21.9 Å². The number of piperazine rings is 1. The molecule has 0 spiro atoms. The maximum Gasteiger partial charge on any atom is 0.332 e. The summed E-state index contributed by atoms with van der Waals surface area (Å²) in [5.41, 5.74) is -0.684. The Morgan fingerprint density at radius 2 is 1.81 bits per heavy atom. The number of nitrogens with zero attached hydrogens (tertiary/aromatic N) is 3. The number of carbonyl (C=O) groups excluding carboxylic acids is 1. The molecule has 0 unspecified atom stereocenters. The van der Waals surface area contributed by atoms with Crippen molar-refractivity contribution in [1.82, 2.24) is 19.4 Å². The first-order chi connectivity index (χ1) is 12.8. The number of carbonyl (C=O) groups is 1. The Labute approximate surface area is 155 Å². The van der Waals surface area contributed by atoms with E-state index in [0.717, 1.165) is 14.7 Å². The zero-order valence-corrected chi connectivity index (χ0v) is 15.5. The van der Waals surface area contributed by atoms with E-state index in [1.165, 1.54) is 26.2 Å². The van der Waals surface area contributed by atoms with Crippen LogP contribution in [0, 0.1) is 12.7 Å². The van der Waals surface area contributed by atoms with Crippen molar-refractivity contribution >= 4 is 17.4 Å². The van der Waals surface area contributed by atoms with Gasteiger partial charge in [0.15, 0.2) is 0 Å². The van der Waals surface area contributed by atoms with Crippen molar-refractivity contribution in [3.63, 3.8) is 0 Å². The van der Waals surface area contributed by atoms with E-state index in [0.29, 0.717) is 26.2 Å². The van der Waals surface area contributed by atoms with Crippen LogP contribution in [-0.4, -0.2) is 46.1 Å². The molecule has 27 heavy (non-hydrogen) atoms. The average Bonchev–Trinajstić information content (AvgIpc) is 2.66. The lowest BCUT2D eigenvalue weighted by Crippen LogP contribution is -2.50. The average molecular weight is 375 g/mol. The van der Waals surface area contributed by atoms with Crippen LogP contribution >= 0.6 is 0 Å². The van der Waals surface area contributed by atoms with Crippen LogP contribution in [0.2, 0.25) is 0 Å². The predicted octanol–water partition coefficient (Wildman–Crippen LogP) is 0.321. The van der Waals surface area contributed by atoms with Crippen molar-refractivity contribution in [2.45, 2.75) is 6.92 Å². The van der Waals surface area contributed by atoms with Crippen LogP contribution in [0.4, 0.5) is 15.9 Å². The first-order valence-electron chi connectivity index (χ1n) is 8.64.